The molecule has 1 heterocycles. The van der Waals surface area contributed by atoms with E-state index in [1.54, 1.807) is 19.1 Å². The van der Waals surface area contributed by atoms with Gasteiger partial charge < -0.3 is 10.6 Å². The van der Waals surface area contributed by atoms with E-state index in [0.717, 1.165) is 25.1 Å². The van der Waals surface area contributed by atoms with Gasteiger partial charge in [0.25, 0.3) is 0 Å². The number of piperidine rings is 1. The molecule has 1 aliphatic rings. The number of hydrogen-bond donors (Lipinski definition) is 2. The summed E-state index contributed by atoms with van der Waals surface area (Å²) in [6, 6.07) is 7.22. The van der Waals surface area contributed by atoms with Gasteiger partial charge in [-0.3, -0.25) is 0 Å². The third-order valence-electron chi connectivity index (χ3n) is 3.29. The average Bonchev–Trinajstić information content (AvgIpc) is 2.39. The number of para-hydroxylation sites is 1. The highest BCUT2D eigenvalue weighted by atomic mass is 32.2. The first-order chi connectivity index (χ1) is 9.04. The summed E-state index contributed by atoms with van der Waals surface area (Å²) < 4.78 is 27.0. The maximum atomic E-state index is 12.2. The molecule has 19 heavy (non-hydrogen) atoms. The van der Waals surface area contributed by atoms with Crippen molar-refractivity contribution in [1.82, 2.24) is 4.72 Å². The first kappa shape index (κ1) is 14.3. The summed E-state index contributed by atoms with van der Waals surface area (Å²) in [5, 5.41) is 0. The highest BCUT2D eigenvalue weighted by Crippen LogP contribution is 2.27. The van der Waals surface area contributed by atoms with Gasteiger partial charge in [-0.1, -0.05) is 19.1 Å². The Labute approximate surface area is 114 Å². The van der Waals surface area contributed by atoms with Gasteiger partial charge in [0, 0.05) is 25.7 Å². The third-order valence-corrected chi connectivity index (χ3v) is 4.88. The van der Waals surface area contributed by atoms with E-state index in [0.29, 0.717) is 18.0 Å². The molecule has 1 atom stereocenters. The SMILES string of the molecule is CCNS(=O)(=O)c1ccccc1N1CCC[C@@H](N)C1. The normalized spacial score (nSPS) is 20.5. The molecule has 1 aromatic rings. The molecule has 0 saturated carbocycles. The summed E-state index contributed by atoms with van der Waals surface area (Å²) in [7, 11) is -3.44. The van der Waals surface area contributed by atoms with Crippen molar-refractivity contribution in [2.24, 2.45) is 5.73 Å². The molecular weight excluding hydrogens is 262 g/mol. The van der Waals surface area contributed by atoms with Crippen molar-refractivity contribution < 1.29 is 8.42 Å². The molecule has 1 aromatic carbocycles. The summed E-state index contributed by atoms with van der Waals surface area (Å²) in [5.74, 6) is 0. The van der Waals surface area contributed by atoms with E-state index < -0.39 is 10.0 Å². The van der Waals surface area contributed by atoms with E-state index in [4.69, 9.17) is 5.73 Å². The Balaban J connectivity index is 2.36. The van der Waals surface area contributed by atoms with Crippen molar-refractivity contribution >= 4 is 15.7 Å². The largest absolute Gasteiger partial charge is 0.369 e. The van der Waals surface area contributed by atoms with Crippen LogP contribution in [0.25, 0.3) is 0 Å². The molecule has 0 spiro atoms. The minimum Gasteiger partial charge on any atom is -0.369 e. The molecule has 1 aliphatic heterocycles. The fourth-order valence-electron chi connectivity index (χ4n) is 2.44. The van der Waals surface area contributed by atoms with Crippen molar-refractivity contribution in [2.75, 3.05) is 24.5 Å². The lowest BCUT2D eigenvalue weighted by Gasteiger charge is -2.33. The van der Waals surface area contributed by atoms with Crippen LogP contribution in [0, 0.1) is 0 Å². The Morgan fingerprint density at radius 2 is 2.16 bits per heavy atom. The third kappa shape index (κ3) is 3.26. The fraction of sp³-hybridized carbons (Fsp3) is 0.538. The minimum absolute atomic E-state index is 0.114. The molecule has 0 aromatic heterocycles. The van der Waals surface area contributed by atoms with Crippen molar-refractivity contribution in [3.63, 3.8) is 0 Å². The van der Waals surface area contributed by atoms with Crippen molar-refractivity contribution in [3.05, 3.63) is 24.3 Å². The topological polar surface area (TPSA) is 75.4 Å². The summed E-state index contributed by atoms with van der Waals surface area (Å²) in [6.45, 7) is 3.72. The van der Waals surface area contributed by atoms with Gasteiger partial charge in [0.15, 0.2) is 0 Å². The number of anilines is 1. The second kappa shape index (κ2) is 5.90. The highest BCUT2D eigenvalue weighted by Gasteiger charge is 2.24. The molecule has 0 radical (unpaired) electrons. The van der Waals surface area contributed by atoms with Crippen LogP contribution in [0.15, 0.2) is 29.2 Å². The Kier molecular flexibility index (Phi) is 4.44. The molecule has 5 nitrogen and oxygen atoms in total. The van der Waals surface area contributed by atoms with E-state index in [1.807, 2.05) is 12.1 Å². The first-order valence-electron chi connectivity index (χ1n) is 6.64. The summed E-state index contributed by atoms with van der Waals surface area (Å²) in [4.78, 5) is 2.41. The van der Waals surface area contributed by atoms with Crippen LogP contribution in [-0.2, 0) is 10.0 Å². The predicted molar refractivity (Wildman–Crippen MR) is 76.7 cm³/mol. The number of hydrogen-bond acceptors (Lipinski definition) is 4. The number of nitrogens with two attached hydrogens (primary N) is 1. The quantitative estimate of drug-likeness (QED) is 0.861. The summed E-state index contributed by atoms with van der Waals surface area (Å²) in [5.41, 5.74) is 6.72. The zero-order valence-corrected chi connectivity index (χ0v) is 12.0. The maximum Gasteiger partial charge on any atom is 0.242 e. The zero-order valence-electron chi connectivity index (χ0n) is 11.2. The Hall–Kier alpha value is -1.11. The fourth-order valence-corrected chi connectivity index (χ4v) is 3.71. The molecule has 3 N–H and O–H groups in total. The van der Waals surface area contributed by atoms with Crippen LogP contribution < -0.4 is 15.4 Å². The van der Waals surface area contributed by atoms with E-state index in [2.05, 4.69) is 9.62 Å². The van der Waals surface area contributed by atoms with Crippen LogP contribution in [0.5, 0.6) is 0 Å². The molecule has 0 aliphatic carbocycles. The lowest BCUT2D eigenvalue weighted by atomic mass is 10.1. The van der Waals surface area contributed by atoms with Gasteiger partial charge in [0.1, 0.15) is 4.90 Å². The lowest BCUT2D eigenvalue weighted by molar-refractivity contribution is 0.503. The van der Waals surface area contributed by atoms with Crippen molar-refractivity contribution in [3.8, 4) is 0 Å². The van der Waals surface area contributed by atoms with Crippen molar-refractivity contribution in [2.45, 2.75) is 30.7 Å². The molecule has 0 unspecified atom stereocenters. The maximum absolute atomic E-state index is 12.2. The molecule has 106 valence electrons. The summed E-state index contributed by atoms with van der Waals surface area (Å²) >= 11 is 0. The minimum atomic E-state index is -3.44. The van der Waals surface area contributed by atoms with E-state index >= 15 is 0 Å². The molecular formula is C13H21N3O2S. The van der Waals surface area contributed by atoms with Crippen LogP contribution in [0.3, 0.4) is 0 Å². The number of sulfonamides is 1. The van der Waals surface area contributed by atoms with Crippen LogP contribution in [0.2, 0.25) is 0 Å². The molecule has 0 bridgehead atoms. The molecule has 1 fully saturated rings. The number of rotatable bonds is 4. The molecule has 1 saturated heterocycles. The molecule has 6 heteroatoms. The predicted octanol–water partition coefficient (Wildman–Crippen LogP) is 0.912. The standard InChI is InChI=1S/C13H21N3O2S/c1-2-15-19(17,18)13-8-4-3-7-12(13)16-9-5-6-11(14)10-16/h3-4,7-8,11,15H,2,5-6,9-10,14H2,1H3/t11-/m1/s1. The lowest BCUT2D eigenvalue weighted by Crippen LogP contribution is -2.43. The first-order valence-corrected chi connectivity index (χ1v) is 8.12. The van der Waals surface area contributed by atoms with E-state index in [-0.39, 0.29) is 6.04 Å². The number of nitrogens with zero attached hydrogens (tertiary/aromatic N) is 1. The zero-order chi connectivity index (χ0) is 13.9. The monoisotopic (exact) mass is 283 g/mol. The van der Waals surface area contributed by atoms with Gasteiger partial charge in [-0.25, -0.2) is 13.1 Å². The van der Waals surface area contributed by atoms with Gasteiger partial charge in [-0.15, -0.1) is 0 Å². The van der Waals surface area contributed by atoms with Gasteiger partial charge in [-0.05, 0) is 25.0 Å². The molecule has 2 rings (SSSR count). The number of nitrogens with one attached hydrogen (secondary N) is 1. The van der Waals surface area contributed by atoms with Gasteiger partial charge in [0.05, 0.1) is 5.69 Å². The van der Waals surface area contributed by atoms with Gasteiger partial charge in [-0.2, -0.15) is 0 Å². The van der Waals surface area contributed by atoms with Crippen molar-refractivity contribution in [1.29, 1.82) is 0 Å². The second-order valence-electron chi connectivity index (χ2n) is 4.82. The number of benzene rings is 1. The molecule has 0 amide bonds. The smallest absolute Gasteiger partial charge is 0.242 e. The van der Waals surface area contributed by atoms with E-state index in [9.17, 15) is 8.42 Å². The van der Waals surface area contributed by atoms with Gasteiger partial charge in [0.2, 0.25) is 10.0 Å². The summed E-state index contributed by atoms with van der Waals surface area (Å²) in [6.07, 6.45) is 2.00. The van der Waals surface area contributed by atoms with Crippen LogP contribution in [-0.4, -0.2) is 34.1 Å². The van der Waals surface area contributed by atoms with Gasteiger partial charge >= 0.3 is 0 Å². The second-order valence-corrected chi connectivity index (χ2v) is 6.55. The van der Waals surface area contributed by atoms with Crippen LogP contribution in [0.1, 0.15) is 19.8 Å². The van der Waals surface area contributed by atoms with Crippen LogP contribution >= 0.6 is 0 Å². The highest BCUT2D eigenvalue weighted by molar-refractivity contribution is 7.89. The average molecular weight is 283 g/mol. The Morgan fingerprint density at radius 1 is 1.42 bits per heavy atom. The van der Waals surface area contributed by atoms with Crippen LogP contribution in [0.4, 0.5) is 5.69 Å². The Morgan fingerprint density at radius 3 is 2.84 bits per heavy atom. The van der Waals surface area contributed by atoms with E-state index in [1.165, 1.54) is 0 Å². The Bertz CT molecular complexity index is 530.